The summed E-state index contributed by atoms with van der Waals surface area (Å²) in [5, 5.41) is 3.06. The normalized spacial score (nSPS) is 10.3. The molecule has 1 heterocycles. The minimum absolute atomic E-state index is 0.500. The molecule has 18 heavy (non-hydrogen) atoms. The standard InChI is InChI=1S/C14H17NO3/c1-15-9-14-11(7-8-17-14)10-18-13-5-3-12(16-2)4-6-13/h3-8,15H,9-10H2,1-2H3. The topological polar surface area (TPSA) is 43.6 Å². The molecule has 0 aliphatic rings. The molecule has 0 radical (unpaired) electrons. The van der Waals surface area contributed by atoms with E-state index in [-0.39, 0.29) is 0 Å². The number of hydrogen-bond donors (Lipinski definition) is 1. The molecule has 0 fully saturated rings. The lowest BCUT2D eigenvalue weighted by Gasteiger charge is -2.07. The van der Waals surface area contributed by atoms with E-state index in [0.717, 1.165) is 22.8 Å². The lowest BCUT2D eigenvalue weighted by atomic mass is 10.2. The molecule has 0 spiro atoms. The second-order valence-electron chi connectivity index (χ2n) is 3.86. The predicted octanol–water partition coefficient (Wildman–Crippen LogP) is 2.59. The number of hydrogen-bond acceptors (Lipinski definition) is 4. The van der Waals surface area contributed by atoms with Gasteiger partial charge in [-0.15, -0.1) is 0 Å². The number of furan rings is 1. The molecule has 0 aliphatic carbocycles. The van der Waals surface area contributed by atoms with Crippen LogP contribution in [-0.2, 0) is 13.2 Å². The number of rotatable bonds is 6. The van der Waals surface area contributed by atoms with Gasteiger partial charge in [0.1, 0.15) is 23.9 Å². The zero-order valence-electron chi connectivity index (χ0n) is 10.6. The van der Waals surface area contributed by atoms with Gasteiger partial charge in [0, 0.05) is 5.56 Å². The Morgan fingerprint density at radius 2 is 1.83 bits per heavy atom. The molecule has 0 bridgehead atoms. The molecular formula is C14H17NO3. The van der Waals surface area contributed by atoms with Crippen LogP contribution in [0.1, 0.15) is 11.3 Å². The van der Waals surface area contributed by atoms with Crippen LogP contribution in [0.3, 0.4) is 0 Å². The van der Waals surface area contributed by atoms with Crippen molar-refractivity contribution < 1.29 is 13.9 Å². The van der Waals surface area contributed by atoms with Gasteiger partial charge in [-0.1, -0.05) is 0 Å². The molecule has 96 valence electrons. The quantitative estimate of drug-likeness (QED) is 0.852. The maximum absolute atomic E-state index is 5.69. The Morgan fingerprint density at radius 3 is 2.50 bits per heavy atom. The molecule has 1 N–H and O–H groups in total. The molecule has 0 aliphatic heterocycles. The summed E-state index contributed by atoms with van der Waals surface area (Å²) in [5.74, 6) is 2.54. The molecule has 1 aromatic carbocycles. The van der Waals surface area contributed by atoms with E-state index in [0.29, 0.717) is 13.2 Å². The molecular weight excluding hydrogens is 230 g/mol. The fourth-order valence-corrected chi connectivity index (χ4v) is 1.64. The average molecular weight is 247 g/mol. The maximum atomic E-state index is 5.69. The molecule has 0 atom stereocenters. The molecule has 0 unspecified atom stereocenters. The predicted molar refractivity (Wildman–Crippen MR) is 68.8 cm³/mol. The SMILES string of the molecule is CNCc1occc1COc1ccc(OC)cc1. The van der Waals surface area contributed by atoms with E-state index < -0.39 is 0 Å². The third-order valence-corrected chi connectivity index (χ3v) is 2.63. The lowest BCUT2D eigenvalue weighted by Crippen LogP contribution is -2.07. The Labute approximate surface area is 107 Å². The zero-order chi connectivity index (χ0) is 12.8. The second kappa shape index (κ2) is 6.12. The third-order valence-electron chi connectivity index (χ3n) is 2.63. The Kier molecular flexibility index (Phi) is 4.25. The van der Waals surface area contributed by atoms with Crippen LogP contribution in [0.25, 0.3) is 0 Å². The van der Waals surface area contributed by atoms with E-state index in [1.807, 2.05) is 37.4 Å². The van der Waals surface area contributed by atoms with Gasteiger partial charge in [0.25, 0.3) is 0 Å². The van der Waals surface area contributed by atoms with Crippen molar-refractivity contribution in [3.63, 3.8) is 0 Å². The zero-order valence-corrected chi connectivity index (χ0v) is 10.6. The van der Waals surface area contributed by atoms with Gasteiger partial charge in [-0.05, 0) is 37.4 Å². The van der Waals surface area contributed by atoms with E-state index in [1.54, 1.807) is 13.4 Å². The highest BCUT2D eigenvalue weighted by atomic mass is 16.5. The van der Waals surface area contributed by atoms with Crippen molar-refractivity contribution >= 4 is 0 Å². The number of ether oxygens (including phenoxy) is 2. The molecule has 4 nitrogen and oxygen atoms in total. The Morgan fingerprint density at radius 1 is 1.11 bits per heavy atom. The molecule has 0 amide bonds. The van der Waals surface area contributed by atoms with E-state index >= 15 is 0 Å². The van der Waals surface area contributed by atoms with Gasteiger partial charge >= 0.3 is 0 Å². The summed E-state index contributed by atoms with van der Waals surface area (Å²) in [6.45, 7) is 1.20. The smallest absolute Gasteiger partial charge is 0.124 e. The van der Waals surface area contributed by atoms with Crippen LogP contribution in [0.5, 0.6) is 11.5 Å². The van der Waals surface area contributed by atoms with Gasteiger partial charge in [0.2, 0.25) is 0 Å². The van der Waals surface area contributed by atoms with Crippen molar-refractivity contribution in [3.8, 4) is 11.5 Å². The number of nitrogens with one attached hydrogen (secondary N) is 1. The summed E-state index contributed by atoms with van der Waals surface area (Å²) in [6.07, 6.45) is 1.68. The molecule has 2 rings (SSSR count). The third kappa shape index (κ3) is 3.05. The first-order valence-corrected chi connectivity index (χ1v) is 5.80. The highest BCUT2D eigenvalue weighted by Crippen LogP contribution is 2.19. The molecule has 0 saturated carbocycles. The summed E-state index contributed by atoms with van der Waals surface area (Å²) >= 11 is 0. The van der Waals surface area contributed by atoms with Crippen LogP contribution in [0.15, 0.2) is 41.0 Å². The Hall–Kier alpha value is -1.94. The molecule has 1 aromatic heterocycles. The van der Waals surface area contributed by atoms with Crippen LogP contribution < -0.4 is 14.8 Å². The lowest BCUT2D eigenvalue weighted by molar-refractivity contribution is 0.301. The molecule has 4 heteroatoms. The van der Waals surface area contributed by atoms with Gasteiger partial charge in [-0.25, -0.2) is 0 Å². The van der Waals surface area contributed by atoms with E-state index in [9.17, 15) is 0 Å². The minimum Gasteiger partial charge on any atom is -0.497 e. The van der Waals surface area contributed by atoms with Gasteiger partial charge in [0.05, 0.1) is 19.9 Å². The fourth-order valence-electron chi connectivity index (χ4n) is 1.64. The highest BCUT2D eigenvalue weighted by Gasteiger charge is 2.06. The second-order valence-corrected chi connectivity index (χ2v) is 3.86. The van der Waals surface area contributed by atoms with Gasteiger partial charge in [-0.3, -0.25) is 0 Å². The Balaban J connectivity index is 1.95. The average Bonchev–Trinajstić information content (AvgIpc) is 2.85. The van der Waals surface area contributed by atoms with Gasteiger partial charge in [0.15, 0.2) is 0 Å². The van der Waals surface area contributed by atoms with Crippen molar-refractivity contribution in [2.45, 2.75) is 13.2 Å². The van der Waals surface area contributed by atoms with Crippen LogP contribution in [0, 0.1) is 0 Å². The van der Waals surface area contributed by atoms with Crippen molar-refractivity contribution in [2.75, 3.05) is 14.2 Å². The molecule has 0 saturated heterocycles. The van der Waals surface area contributed by atoms with Crippen molar-refractivity contribution in [1.82, 2.24) is 5.32 Å². The summed E-state index contributed by atoms with van der Waals surface area (Å²) in [5.41, 5.74) is 1.06. The van der Waals surface area contributed by atoms with Crippen LogP contribution >= 0.6 is 0 Å². The maximum Gasteiger partial charge on any atom is 0.124 e. The summed E-state index contributed by atoms with van der Waals surface area (Å²) in [4.78, 5) is 0. The van der Waals surface area contributed by atoms with Crippen molar-refractivity contribution in [3.05, 3.63) is 47.9 Å². The summed E-state index contributed by atoms with van der Waals surface area (Å²) in [6, 6.07) is 9.45. The van der Waals surface area contributed by atoms with E-state index in [4.69, 9.17) is 13.9 Å². The largest absolute Gasteiger partial charge is 0.497 e. The Bertz CT molecular complexity index is 476. The van der Waals surface area contributed by atoms with Crippen molar-refractivity contribution in [1.29, 1.82) is 0 Å². The van der Waals surface area contributed by atoms with Crippen LogP contribution in [-0.4, -0.2) is 14.2 Å². The van der Waals surface area contributed by atoms with Gasteiger partial charge in [-0.2, -0.15) is 0 Å². The highest BCUT2D eigenvalue weighted by molar-refractivity contribution is 5.31. The first kappa shape index (κ1) is 12.5. The minimum atomic E-state index is 0.500. The number of benzene rings is 1. The number of methoxy groups -OCH3 is 1. The monoisotopic (exact) mass is 247 g/mol. The first-order chi connectivity index (χ1) is 8.83. The fraction of sp³-hybridized carbons (Fsp3) is 0.286. The van der Waals surface area contributed by atoms with E-state index in [2.05, 4.69) is 5.32 Å². The van der Waals surface area contributed by atoms with Crippen molar-refractivity contribution in [2.24, 2.45) is 0 Å². The summed E-state index contributed by atoms with van der Waals surface area (Å²) in [7, 11) is 3.53. The van der Waals surface area contributed by atoms with Gasteiger partial charge < -0.3 is 19.2 Å². The molecule has 2 aromatic rings. The van der Waals surface area contributed by atoms with Crippen LogP contribution in [0.4, 0.5) is 0 Å². The first-order valence-electron chi connectivity index (χ1n) is 5.80. The van der Waals surface area contributed by atoms with Crippen LogP contribution in [0.2, 0.25) is 0 Å². The van der Waals surface area contributed by atoms with E-state index in [1.165, 1.54) is 0 Å². The summed E-state index contributed by atoms with van der Waals surface area (Å²) < 4.78 is 16.2.